The lowest BCUT2D eigenvalue weighted by Gasteiger charge is -2.35. The number of azide groups is 1. The molecule has 1 aromatic carbocycles. The van der Waals surface area contributed by atoms with Crippen LogP contribution in [-0.4, -0.2) is 48.4 Å². The molecule has 0 atom stereocenters. The van der Waals surface area contributed by atoms with Gasteiger partial charge in [0.15, 0.2) is 0 Å². The Hall–Kier alpha value is -2.04. The lowest BCUT2D eigenvalue weighted by atomic mass is 10.1. The first kappa shape index (κ1) is 15.4. The van der Waals surface area contributed by atoms with Crippen LogP contribution in [0.4, 0.5) is 5.69 Å². The van der Waals surface area contributed by atoms with Crippen molar-refractivity contribution in [1.29, 1.82) is 0 Å². The van der Waals surface area contributed by atoms with Gasteiger partial charge < -0.3 is 4.90 Å². The molecule has 6 nitrogen and oxygen atoms in total. The highest BCUT2D eigenvalue weighted by molar-refractivity contribution is 5.94. The van der Waals surface area contributed by atoms with Gasteiger partial charge in [-0.1, -0.05) is 31.1 Å². The summed E-state index contributed by atoms with van der Waals surface area (Å²) in [5.41, 5.74) is 9.53. The van der Waals surface area contributed by atoms with E-state index in [0.29, 0.717) is 17.2 Å². The van der Waals surface area contributed by atoms with Crippen LogP contribution >= 0.6 is 0 Å². The Labute approximate surface area is 125 Å². The molecule has 0 aliphatic carbocycles. The molecule has 0 spiro atoms. The van der Waals surface area contributed by atoms with Crippen LogP contribution in [0.15, 0.2) is 29.4 Å². The van der Waals surface area contributed by atoms with Gasteiger partial charge in [0.25, 0.3) is 5.91 Å². The van der Waals surface area contributed by atoms with Gasteiger partial charge in [0, 0.05) is 48.9 Å². The third-order valence-electron chi connectivity index (χ3n) is 3.56. The molecule has 2 rings (SSSR count). The van der Waals surface area contributed by atoms with E-state index in [-0.39, 0.29) is 5.91 Å². The van der Waals surface area contributed by atoms with E-state index in [9.17, 15) is 4.79 Å². The summed E-state index contributed by atoms with van der Waals surface area (Å²) >= 11 is 0. The van der Waals surface area contributed by atoms with Gasteiger partial charge in [0.05, 0.1) is 0 Å². The molecular formula is C15H21N5O. The smallest absolute Gasteiger partial charge is 0.253 e. The van der Waals surface area contributed by atoms with Crippen molar-refractivity contribution >= 4 is 11.6 Å². The summed E-state index contributed by atoms with van der Waals surface area (Å²) in [5, 5.41) is 3.51. The van der Waals surface area contributed by atoms with Crippen LogP contribution < -0.4 is 0 Å². The van der Waals surface area contributed by atoms with Crippen molar-refractivity contribution in [2.45, 2.75) is 13.8 Å². The van der Waals surface area contributed by atoms with Crippen LogP contribution in [0.5, 0.6) is 0 Å². The van der Waals surface area contributed by atoms with Gasteiger partial charge in [-0.3, -0.25) is 9.69 Å². The topological polar surface area (TPSA) is 72.3 Å². The molecular weight excluding hydrogens is 266 g/mol. The summed E-state index contributed by atoms with van der Waals surface area (Å²) in [6, 6.07) is 6.77. The lowest BCUT2D eigenvalue weighted by molar-refractivity contribution is 0.0624. The van der Waals surface area contributed by atoms with E-state index in [1.807, 2.05) is 4.90 Å². The predicted octanol–water partition coefficient (Wildman–Crippen LogP) is 3.04. The first-order valence-electron chi connectivity index (χ1n) is 7.27. The van der Waals surface area contributed by atoms with E-state index >= 15 is 0 Å². The SMILES string of the molecule is CC(C)CN1CCN(C(=O)c2ccc(N=[N+]=[N-])cc2)CC1. The molecule has 1 amide bonds. The van der Waals surface area contributed by atoms with Gasteiger partial charge in [-0.2, -0.15) is 0 Å². The molecule has 1 saturated heterocycles. The average Bonchev–Trinajstić information content (AvgIpc) is 2.48. The molecule has 1 heterocycles. The standard InChI is InChI=1S/C15H21N5O/c1-12(2)11-19-7-9-20(10-8-19)15(21)13-3-5-14(6-4-13)17-18-16/h3-6,12H,7-11H2,1-2H3. The minimum atomic E-state index is 0.0479. The van der Waals surface area contributed by atoms with Crippen LogP contribution in [0.25, 0.3) is 10.4 Å². The van der Waals surface area contributed by atoms with Crippen molar-refractivity contribution in [2.75, 3.05) is 32.7 Å². The third kappa shape index (κ3) is 4.21. The van der Waals surface area contributed by atoms with Gasteiger partial charge >= 0.3 is 0 Å². The maximum atomic E-state index is 12.4. The Morgan fingerprint density at radius 1 is 1.24 bits per heavy atom. The van der Waals surface area contributed by atoms with Gasteiger partial charge in [-0.25, -0.2) is 0 Å². The second kappa shape index (κ2) is 7.11. The molecule has 6 heteroatoms. The van der Waals surface area contributed by atoms with Crippen LogP contribution in [0.1, 0.15) is 24.2 Å². The van der Waals surface area contributed by atoms with Gasteiger partial charge in [-0.15, -0.1) is 0 Å². The molecule has 1 aliphatic heterocycles. The third-order valence-corrected chi connectivity index (χ3v) is 3.56. The van der Waals surface area contributed by atoms with Crippen molar-refractivity contribution in [2.24, 2.45) is 11.0 Å². The highest BCUT2D eigenvalue weighted by Gasteiger charge is 2.22. The summed E-state index contributed by atoms with van der Waals surface area (Å²) < 4.78 is 0. The largest absolute Gasteiger partial charge is 0.336 e. The van der Waals surface area contributed by atoms with Gasteiger partial charge in [-0.05, 0) is 23.6 Å². The van der Waals surface area contributed by atoms with E-state index in [4.69, 9.17) is 5.53 Å². The molecule has 1 fully saturated rings. The van der Waals surface area contributed by atoms with E-state index in [0.717, 1.165) is 32.7 Å². The van der Waals surface area contributed by atoms with Crippen molar-refractivity contribution < 1.29 is 4.79 Å². The Morgan fingerprint density at radius 3 is 2.38 bits per heavy atom. The zero-order valence-corrected chi connectivity index (χ0v) is 12.6. The van der Waals surface area contributed by atoms with Crippen molar-refractivity contribution in [3.63, 3.8) is 0 Å². The Kier molecular flexibility index (Phi) is 5.20. The van der Waals surface area contributed by atoms with E-state index < -0.39 is 0 Å². The summed E-state index contributed by atoms with van der Waals surface area (Å²) in [6.45, 7) is 8.91. The van der Waals surface area contributed by atoms with Crippen LogP contribution in [-0.2, 0) is 0 Å². The fraction of sp³-hybridized carbons (Fsp3) is 0.533. The summed E-state index contributed by atoms with van der Waals surface area (Å²) in [6.07, 6.45) is 0. The van der Waals surface area contributed by atoms with Crippen LogP contribution in [0, 0.1) is 5.92 Å². The van der Waals surface area contributed by atoms with Gasteiger partial charge in [0.2, 0.25) is 0 Å². The van der Waals surface area contributed by atoms with Crippen molar-refractivity contribution in [1.82, 2.24) is 9.80 Å². The molecule has 0 unspecified atom stereocenters. The average molecular weight is 287 g/mol. The number of benzene rings is 1. The maximum Gasteiger partial charge on any atom is 0.253 e. The molecule has 0 bridgehead atoms. The van der Waals surface area contributed by atoms with E-state index in [1.165, 1.54) is 0 Å². The number of amides is 1. The molecule has 1 aromatic rings. The first-order chi connectivity index (χ1) is 10.1. The zero-order chi connectivity index (χ0) is 15.2. The normalized spacial score (nSPS) is 15.9. The number of nitrogens with zero attached hydrogens (tertiary/aromatic N) is 5. The molecule has 0 saturated carbocycles. The highest BCUT2D eigenvalue weighted by atomic mass is 16.2. The number of rotatable bonds is 4. The summed E-state index contributed by atoms with van der Waals surface area (Å²) in [7, 11) is 0. The number of carbonyl (C=O) groups excluding carboxylic acids is 1. The van der Waals surface area contributed by atoms with Crippen molar-refractivity contribution in [3.8, 4) is 0 Å². The van der Waals surface area contributed by atoms with E-state index in [1.54, 1.807) is 24.3 Å². The number of carbonyl (C=O) groups is 1. The minimum Gasteiger partial charge on any atom is -0.336 e. The Bertz CT molecular complexity index is 525. The quantitative estimate of drug-likeness (QED) is 0.485. The van der Waals surface area contributed by atoms with E-state index in [2.05, 4.69) is 28.8 Å². The monoisotopic (exact) mass is 287 g/mol. The highest BCUT2D eigenvalue weighted by Crippen LogP contribution is 2.15. The predicted molar refractivity (Wildman–Crippen MR) is 82.4 cm³/mol. The van der Waals surface area contributed by atoms with Crippen LogP contribution in [0.3, 0.4) is 0 Å². The second-order valence-electron chi connectivity index (χ2n) is 5.72. The fourth-order valence-electron chi connectivity index (χ4n) is 2.55. The molecule has 0 radical (unpaired) electrons. The molecule has 1 aliphatic rings. The molecule has 0 N–H and O–H groups in total. The fourth-order valence-corrected chi connectivity index (χ4v) is 2.55. The maximum absolute atomic E-state index is 12.4. The van der Waals surface area contributed by atoms with Crippen LogP contribution in [0.2, 0.25) is 0 Å². The lowest BCUT2D eigenvalue weighted by Crippen LogP contribution is -2.49. The second-order valence-corrected chi connectivity index (χ2v) is 5.72. The number of hydrogen-bond acceptors (Lipinski definition) is 3. The Balaban J connectivity index is 1.93. The minimum absolute atomic E-state index is 0.0479. The van der Waals surface area contributed by atoms with Gasteiger partial charge in [0.1, 0.15) is 0 Å². The first-order valence-corrected chi connectivity index (χ1v) is 7.27. The molecule has 112 valence electrons. The number of piperazine rings is 1. The zero-order valence-electron chi connectivity index (χ0n) is 12.6. The molecule has 0 aromatic heterocycles. The summed E-state index contributed by atoms with van der Waals surface area (Å²) in [4.78, 5) is 19.4. The number of hydrogen-bond donors (Lipinski definition) is 0. The Morgan fingerprint density at radius 2 is 1.86 bits per heavy atom. The molecule has 21 heavy (non-hydrogen) atoms. The summed E-state index contributed by atoms with van der Waals surface area (Å²) in [5.74, 6) is 0.701. The van der Waals surface area contributed by atoms with Crippen molar-refractivity contribution in [3.05, 3.63) is 40.3 Å².